The molecule has 0 saturated carbocycles. The van der Waals surface area contributed by atoms with Crippen LogP contribution in [0, 0.1) is 0 Å². The molecule has 9 heteroatoms. The first-order valence-corrected chi connectivity index (χ1v) is 9.65. The van der Waals surface area contributed by atoms with Crippen molar-refractivity contribution in [3.05, 3.63) is 34.9 Å². The third kappa shape index (κ3) is 5.43. The van der Waals surface area contributed by atoms with Crippen molar-refractivity contribution in [3.8, 4) is 0 Å². The van der Waals surface area contributed by atoms with Crippen molar-refractivity contribution in [2.24, 2.45) is 0 Å². The number of carbonyl (C=O) groups is 3. The minimum atomic E-state index is -0.597. The fraction of sp³-hybridized carbons (Fsp3) is 0.526. The summed E-state index contributed by atoms with van der Waals surface area (Å²) in [4.78, 5) is 40.2. The van der Waals surface area contributed by atoms with Crippen LogP contribution in [0.15, 0.2) is 24.3 Å². The number of urea groups is 1. The molecule has 2 N–H and O–H groups in total. The topological polar surface area (TPSA) is 91.0 Å². The van der Waals surface area contributed by atoms with E-state index in [-0.39, 0.29) is 11.9 Å². The number of imide groups is 1. The molecule has 1 aromatic carbocycles. The number of methoxy groups -OCH3 is 1. The zero-order valence-electron chi connectivity index (χ0n) is 16.4. The quantitative estimate of drug-likeness (QED) is 0.689. The number of hydrogen-bond acceptors (Lipinski definition) is 6. The van der Waals surface area contributed by atoms with Gasteiger partial charge >= 0.3 is 12.0 Å². The van der Waals surface area contributed by atoms with E-state index in [4.69, 9.17) is 16.3 Å². The summed E-state index contributed by atoms with van der Waals surface area (Å²) < 4.78 is 4.99. The Morgan fingerprint density at radius 3 is 2.32 bits per heavy atom. The third-order valence-corrected chi connectivity index (χ3v) is 5.18. The van der Waals surface area contributed by atoms with Gasteiger partial charge in [-0.2, -0.15) is 0 Å². The predicted molar refractivity (Wildman–Crippen MR) is 106 cm³/mol. The molecule has 0 aliphatic carbocycles. The van der Waals surface area contributed by atoms with Crippen molar-refractivity contribution in [1.29, 1.82) is 0 Å². The van der Waals surface area contributed by atoms with E-state index in [1.807, 2.05) is 28.0 Å². The SMILES string of the molecule is CCNC(=O)NC(=O)[C@H](C)N1CCN([C@@H](C(=O)OC)c2ccccc2Cl)CC1. The van der Waals surface area contributed by atoms with E-state index in [0.29, 0.717) is 43.3 Å². The van der Waals surface area contributed by atoms with Crippen molar-refractivity contribution in [2.45, 2.75) is 25.9 Å². The lowest BCUT2D eigenvalue weighted by molar-refractivity contribution is -0.148. The van der Waals surface area contributed by atoms with Gasteiger partial charge in [0.05, 0.1) is 13.2 Å². The van der Waals surface area contributed by atoms with Gasteiger partial charge in [0.15, 0.2) is 0 Å². The average Bonchev–Trinajstić information content (AvgIpc) is 2.69. The summed E-state index contributed by atoms with van der Waals surface area (Å²) in [5.74, 6) is -0.724. The zero-order chi connectivity index (χ0) is 20.7. The van der Waals surface area contributed by atoms with Crippen LogP contribution in [0.4, 0.5) is 4.79 Å². The van der Waals surface area contributed by atoms with Gasteiger partial charge in [0, 0.05) is 37.7 Å². The molecule has 3 amide bonds. The Kier molecular flexibility index (Phi) is 8.22. The standard InChI is InChI=1S/C19H27ClN4O4/c1-4-21-19(27)22-17(25)13(2)23-9-11-24(12-10-23)16(18(26)28-3)14-7-5-6-8-15(14)20/h5-8,13,16H,4,9-12H2,1-3H3,(H2,21,22,25,27)/t13-,16+/m0/s1. The molecule has 0 bridgehead atoms. The maximum Gasteiger partial charge on any atom is 0.327 e. The Labute approximate surface area is 170 Å². The highest BCUT2D eigenvalue weighted by Gasteiger charge is 2.34. The van der Waals surface area contributed by atoms with Gasteiger partial charge in [-0.15, -0.1) is 0 Å². The first kappa shape index (κ1) is 22.1. The zero-order valence-corrected chi connectivity index (χ0v) is 17.2. The lowest BCUT2D eigenvalue weighted by Gasteiger charge is -2.40. The lowest BCUT2D eigenvalue weighted by atomic mass is 10.0. The number of nitrogens with one attached hydrogen (secondary N) is 2. The van der Waals surface area contributed by atoms with Crippen molar-refractivity contribution in [3.63, 3.8) is 0 Å². The molecule has 1 heterocycles. The van der Waals surface area contributed by atoms with E-state index < -0.39 is 18.1 Å². The Morgan fingerprint density at radius 2 is 1.75 bits per heavy atom. The number of piperazine rings is 1. The number of hydrogen-bond donors (Lipinski definition) is 2. The van der Waals surface area contributed by atoms with E-state index in [0.717, 1.165) is 0 Å². The molecule has 154 valence electrons. The van der Waals surface area contributed by atoms with Crippen LogP contribution in [0.5, 0.6) is 0 Å². The Morgan fingerprint density at radius 1 is 1.14 bits per heavy atom. The Balaban J connectivity index is 2.02. The van der Waals surface area contributed by atoms with Crippen molar-refractivity contribution >= 4 is 29.5 Å². The van der Waals surface area contributed by atoms with E-state index in [2.05, 4.69) is 10.6 Å². The molecular weight excluding hydrogens is 384 g/mol. The molecule has 2 atom stereocenters. The molecule has 2 rings (SSSR count). The van der Waals surface area contributed by atoms with E-state index in [1.54, 1.807) is 19.9 Å². The van der Waals surface area contributed by atoms with Crippen LogP contribution >= 0.6 is 11.6 Å². The van der Waals surface area contributed by atoms with E-state index >= 15 is 0 Å². The molecule has 1 saturated heterocycles. The van der Waals surface area contributed by atoms with Gasteiger partial charge in [0.2, 0.25) is 5.91 Å². The van der Waals surface area contributed by atoms with Gasteiger partial charge in [0.25, 0.3) is 0 Å². The smallest absolute Gasteiger partial charge is 0.327 e. The first-order valence-electron chi connectivity index (χ1n) is 9.28. The molecule has 0 unspecified atom stereocenters. The largest absolute Gasteiger partial charge is 0.468 e. The summed E-state index contributed by atoms with van der Waals surface area (Å²) in [6, 6.07) is 5.66. The fourth-order valence-corrected chi connectivity index (χ4v) is 3.49. The molecule has 0 radical (unpaired) electrons. The summed E-state index contributed by atoms with van der Waals surface area (Å²) in [6.07, 6.45) is 0. The second-order valence-corrected chi connectivity index (χ2v) is 6.95. The maximum atomic E-state index is 12.4. The number of carbonyl (C=O) groups excluding carboxylic acids is 3. The van der Waals surface area contributed by atoms with Crippen LogP contribution in [0.1, 0.15) is 25.5 Å². The van der Waals surface area contributed by atoms with Crippen molar-refractivity contribution in [1.82, 2.24) is 20.4 Å². The second-order valence-electron chi connectivity index (χ2n) is 6.54. The summed E-state index contributed by atoms with van der Waals surface area (Å²) in [5, 5.41) is 5.38. The van der Waals surface area contributed by atoms with Gasteiger partial charge in [0.1, 0.15) is 6.04 Å². The van der Waals surface area contributed by atoms with Gasteiger partial charge in [-0.3, -0.25) is 19.9 Å². The first-order chi connectivity index (χ1) is 13.4. The number of halogens is 1. The lowest BCUT2D eigenvalue weighted by Crippen LogP contribution is -2.56. The summed E-state index contributed by atoms with van der Waals surface area (Å²) in [7, 11) is 1.36. The van der Waals surface area contributed by atoms with Crippen LogP contribution in [-0.2, 0) is 14.3 Å². The second kappa shape index (κ2) is 10.4. The monoisotopic (exact) mass is 410 g/mol. The molecular formula is C19H27ClN4O4. The van der Waals surface area contributed by atoms with Crippen molar-refractivity contribution < 1.29 is 19.1 Å². The third-order valence-electron chi connectivity index (χ3n) is 4.84. The summed E-state index contributed by atoms with van der Waals surface area (Å²) >= 11 is 6.30. The molecule has 0 aromatic heterocycles. The molecule has 8 nitrogen and oxygen atoms in total. The highest BCUT2D eigenvalue weighted by molar-refractivity contribution is 6.31. The fourth-order valence-electron chi connectivity index (χ4n) is 3.25. The predicted octanol–water partition coefficient (Wildman–Crippen LogP) is 1.41. The van der Waals surface area contributed by atoms with Crippen LogP contribution in [0.3, 0.4) is 0 Å². The van der Waals surface area contributed by atoms with Crippen LogP contribution in [0.25, 0.3) is 0 Å². The summed E-state index contributed by atoms with van der Waals surface area (Å²) in [5.41, 5.74) is 0.700. The number of amides is 3. The highest BCUT2D eigenvalue weighted by atomic mass is 35.5. The van der Waals surface area contributed by atoms with Crippen LogP contribution < -0.4 is 10.6 Å². The van der Waals surface area contributed by atoms with Crippen LogP contribution in [-0.4, -0.2) is 73.6 Å². The average molecular weight is 411 g/mol. The maximum absolute atomic E-state index is 12.4. The Hall–Kier alpha value is -2.16. The van der Waals surface area contributed by atoms with E-state index in [9.17, 15) is 14.4 Å². The van der Waals surface area contributed by atoms with E-state index in [1.165, 1.54) is 7.11 Å². The number of benzene rings is 1. The molecule has 1 aromatic rings. The van der Waals surface area contributed by atoms with Gasteiger partial charge in [-0.05, 0) is 25.5 Å². The molecule has 28 heavy (non-hydrogen) atoms. The molecule has 1 fully saturated rings. The molecule has 1 aliphatic heterocycles. The summed E-state index contributed by atoms with van der Waals surface area (Å²) in [6.45, 7) is 6.25. The van der Waals surface area contributed by atoms with Gasteiger partial charge in [-0.1, -0.05) is 29.8 Å². The minimum absolute atomic E-state index is 0.352. The molecule has 1 aliphatic rings. The number of esters is 1. The minimum Gasteiger partial charge on any atom is -0.468 e. The number of ether oxygens (including phenoxy) is 1. The van der Waals surface area contributed by atoms with Gasteiger partial charge < -0.3 is 10.1 Å². The van der Waals surface area contributed by atoms with Crippen molar-refractivity contribution in [2.75, 3.05) is 39.8 Å². The Bertz CT molecular complexity index is 707. The molecule has 0 spiro atoms. The van der Waals surface area contributed by atoms with Crippen LogP contribution in [0.2, 0.25) is 5.02 Å². The number of nitrogens with zero attached hydrogens (tertiary/aromatic N) is 2. The van der Waals surface area contributed by atoms with Gasteiger partial charge in [-0.25, -0.2) is 9.59 Å². The normalized spacial score (nSPS) is 17.4. The number of rotatable bonds is 6. The highest BCUT2D eigenvalue weighted by Crippen LogP contribution is 2.29.